The van der Waals surface area contributed by atoms with Crippen LogP contribution in [0.25, 0.3) is 10.9 Å². The number of hydrogen-bond acceptors (Lipinski definition) is 5. The van der Waals surface area contributed by atoms with Gasteiger partial charge >= 0.3 is 6.01 Å². The van der Waals surface area contributed by atoms with Gasteiger partial charge in [-0.15, -0.1) is 0 Å². The molecule has 1 aromatic heterocycles. The standard InChI is InChI=1S/C23H21BrClF2N3O2/c24-18-17(25)9-16-20(19(18)27)28-22(29-21(16)31-12-14-5-2-1-3-6-14)32-13-23-7-4-8-30(23)11-15(26)10-23/h1-3,5-6,9,15H,4,7-8,10-13H2/t15-,23+/m1/s1. The Kier molecular flexibility index (Phi) is 5.94. The lowest BCUT2D eigenvalue weighted by atomic mass is 9.95. The first-order valence-electron chi connectivity index (χ1n) is 10.5. The van der Waals surface area contributed by atoms with E-state index < -0.39 is 12.0 Å². The second kappa shape index (κ2) is 8.72. The molecule has 0 N–H and O–H groups in total. The van der Waals surface area contributed by atoms with Gasteiger partial charge in [-0.3, -0.25) is 4.90 Å². The van der Waals surface area contributed by atoms with Gasteiger partial charge in [0.1, 0.15) is 24.9 Å². The Morgan fingerprint density at radius 2 is 2.03 bits per heavy atom. The van der Waals surface area contributed by atoms with Crippen molar-refractivity contribution in [3.05, 3.63) is 57.3 Å². The van der Waals surface area contributed by atoms with E-state index >= 15 is 0 Å². The molecule has 0 amide bonds. The zero-order chi connectivity index (χ0) is 22.3. The van der Waals surface area contributed by atoms with Crippen LogP contribution in [0.5, 0.6) is 11.9 Å². The Morgan fingerprint density at radius 3 is 2.84 bits per heavy atom. The van der Waals surface area contributed by atoms with Crippen LogP contribution in [0.1, 0.15) is 24.8 Å². The molecule has 168 valence electrons. The number of hydrogen-bond donors (Lipinski definition) is 0. The minimum Gasteiger partial charge on any atom is -0.472 e. The van der Waals surface area contributed by atoms with Crippen molar-refractivity contribution < 1.29 is 18.3 Å². The van der Waals surface area contributed by atoms with Crippen molar-refractivity contribution in [2.24, 2.45) is 0 Å². The number of ether oxygens (including phenoxy) is 2. The lowest BCUT2D eigenvalue weighted by Gasteiger charge is -2.30. The fourth-order valence-corrected chi connectivity index (χ4v) is 5.17. The number of rotatable bonds is 6. The van der Waals surface area contributed by atoms with Crippen LogP contribution in [-0.2, 0) is 6.61 Å². The molecule has 0 aliphatic carbocycles. The van der Waals surface area contributed by atoms with Crippen LogP contribution in [0, 0.1) is 5.82 Å². The third-order valence-corrected chi connectivity index (χ3v) is 7.52. The van der Waals surface area contributed by atoms with E-state index in [1.165, 1.54) is 0 Å². The van der Waals surface area contributed by atoms with Gasteiger partial charge < -0.3 is 9.47 Å². The van der Waals surface area contributed by atoms with Gasteiger partial charge in [0.15, 0.2) is 5.82 Å². The summed E-state index contributed by atoms with van der Waals surface area (Å²) in [6, 6.07) is 11.1. The second-order valence-electron chi connectivity index (χ2n) is 8.33. The largest absolute Gasteiger partial charge is 0.472 e. The molecule has 0 unspecified atom stereocenters. The first-order valence-corrected chi connectivity index (χ1v) is 11.7. The second-order valence-corrected chi connectivity index (χ2v) is 9.53. The van der Waals surface area contributed by atoms with Crippen molar-refractivity contribution in [2.75, 3.05) is 19.7 Å². The summed E-state index contributed by atoms with van der Waals surface area (Å²) in [7, 11) is 0. The number of fused-ring (bicyclic) bond motifs is 2. The summed E-state index contributed by atoms with van der Waals surface area (Å²) in [5, 5.41) is 0.543. The summed E-state index contributed by atoms with van der Waals surface area (Å²) < 4.78 is 41.1. The molecule has 0 bridgehead atoms. The number of aromatic nitrogens is 2. The highest BCUT2D eigenvalue weighted by molar-refractivity contribution is 9.10. The average molecular weight is 525 g/mol. The zero-order valence-electron chi connectivity index (χ0n) is 17.2. The van der Waals surface area contributed by atoms with Crippen molar-refractivity contribution >= 4 is 38.4 Å². The monoisotopic (exact) mass is 523 g/mol. The molecule has 5 nitrogen and oxygen atoms in total. The van der Waals surface area contributed by atoms with E-state index in [2.05, 4.69) is 30.8 Å². The first kappa shape index (κ1) is 21.8. The van der Waals surface area contributed by atoms with E-state index in [0.29, 0.717) is 18.4 Å². The van der Waals surface area contributed by atoms with E-state index in [-0.39, 0.29) is 45.7 Å². The number of alkyl halides is 1. The van der Waals surface area contributed by atoms with Crippen LogP contribution in [-0.4, -0.2) is 46.3 Å². The SMILES string of the molecule is Fc1c(Br)c(Cl)cc2c(OCc3ccccc3)nc(OC[C@@]34CCCN3C[C@H](F)C4)nc12. The van der Waals surface area contributed by atoms with Gasteiger partial charge in [-0.05, 0) is 46.9 Å². The predicted molar refractivity (Wildman–Crippen MR) is 122 cm³/mol. The van der Waals surface area contributed by atoms with Crippen molar-refractivity contribution in [3.8, 4) is 11.9 Å². The maximum atomic E-state index is 15.0. The smallest absolute Gasteiger partial charge is 0.320 e. The van der Waals surface area contributed by atoms with Gasteiger partial charge in [-0.1, -0.05) is 41.9 Å². The number of benzene rings is 2. The molecule has 32 heavy (non-hydrogen) atoms. The summed E-state index contributed by atoms with van der Waals surface area (Å²) >= 11 is 9.34. The summed E-state index contributed by atoms with van der Waals surface area (Å²) in [5.41, 5.74) is 0.623. The molecule has 9 heteroatoms. The van der Waals surface area contributed by atoms with Crippen molar-refractivity contribution in [1.82, 2.24) is 14.9 Å². The molecule has 2 aromatic carbocycles. The average Bonchev–Trinajstić information content (AvgIpc) is 3.31. The minimum absolute atomic E-state index is 0.00258. The minimum atomic E-state index is -0.864. The molecule has 5 rings (SSSR count). The highest BCUT2D eigenvalue weighted by Crippen LogP contribution is 2.41. The van der Waals surface area contributed by atoms with Gasteiger partial charge in [0, 0.05) is 13.0 Å². The Bertz CT molecular complexity index is 1150. The third-order valence-electron chi connectivity index (χ3n) is 6.22. The molecule has 0 saturated carbocycles. The summed E-state index contributed by atoms with van der Waals surface area (Å²) in [5.74, 6) is -0.438. The predicted octanol–water partition coefficient (Wildman–Crippen LogP) is 5.72. The Hall–Kier alpha value is -2.03. The van der Waals surface area contributed by atoms with Crippen LogP contribution in [0.15, 0.2) is 40.9 Å². The fourth-order valence-electron chi connectivity index (χ4n) is 4.67. The van der Waals surface area contributed by atoms with Crippen LogP contribution in [0.3, 0.4) is 0 Å². The first-order chi connectivity index (χ1) is 15.4. The van der Waals surface area contributed by atoms with Gasteiger partial charge in [0.2, 0.25) is 5.88 Å². The number of halogens is 4. The van der Waals surface area contributed by atoms with Gasteiger partial charge in [0.25, 0.3) is 0 Å². The van der Waals surface area contributed by atoms with Crippen molar-refractivity contribution in [1.29, 1.82) is 0 Å². The van der Waals surface area contributed by atoms with Crippen LogP contribution >= 0.6 is 27.5 Å². The highest BCUT2D eigenvalue weighted by Gasteiger charge is 2.49. The summed E-state index contributed by atoms with van der Waals surface area (Å²) in [6.45, 7) is 1.76. The van der Waals surface area contributed by atoms with E-state index in [1.807, 2.05) is 30.3 Å². The lowest BCUT2D eigenvalue weighted by Crippen LogP contribution is -2.43. The molecule has 2 aliphatic heterocycles. The Balaban J connectivity index is 1.47. The lowest BCUT2D eigenvalue weighted by molar-refractivity contribution is 0.106. The van der Waals surface area contributed by atoms with E-state index in [9.17, 15) is 8.78 Å². The number of nitrogens with zero attached hydrogens (tertiary/aromatic N) is 3. The molecule has 3 aromatic rings. The highest BCUT2D eigenvalue weighted by atomic mass is 79.9. The molecule has 0 radical (unpaired) electrons. The fraction of sp³-hybridized carbons (Fsp3) is 0.391. The molecule has 0 spiro atoms. The normalized spacial score (nSPS) is 22.9. The summed E-state index contributed by atoms with van der Waals surface area (Å²) in [6.07, 6.45) is 1.42. The molecule has 3 heterocycles. The van der Waals surface area contributed by atoms with Crippen LogP contribution in [0.4, 0.5) is 8.78 Å². The van der Waals surface area contributed by atoms with E-state index in [1.54, 1.807) is 6.07 Å². The third kappa shape index (κ3) is 4.04. The topological polar surface area (TPSA) is 47.5 Å². The summed E-state index contributed by atoms with van der Waals surface area (Å²) in [4.78, 5) is 10.8. The molecular weight excluding hydrogens is 504 g/mol. The van der Waals surface area contributed by atoms with Gasteiger partial charge in [-0.2, -0.15) is 9.97 Å². The molecule has 2 fully saturated rings. The maximum absolute atomic E-state index is 15.0. The van der Waals surface area contributed by atoms with Crippen molar-refractivity contribution in [2.45, 2.75) is 37.6 Å². The van der Waals surface area contributed by atoms with Gasteiger partial charge in [-0.25, -0.2) is 8.78 Å². The maximum Gasteiger partial charge on any atom is 0.320 e. The zero-order valence-corrected chi connectivity index (χ0v) is 19.5. The Labute approximate surface area is 197 Å². The quantitative estimate of drug-likeness (QED) is 0.386. The molecule has 2 saturated heterocycles. The molecule has 2 atom stereocenters. The van der Waals surface area contributed by atoms with Crippen LogP contribution in [0.2, 0.25) is 5.02 Å². The Morgan fingerprint density at radius 1 is 1.22 bits per heavy atom. The van der Waals surface area contributed by atoms with E-state index in [4.69, 9.17) is 21.1 Å². The molecular formula is C23H21BrClF2N3O2. The van der Waals surface area contributed by atoms with E-state index in [0.717, 1.165) is 24.9 Å². The molecule has 2 aliphatic rings. The van der Waals surface area contributed by atoms with Crippen LogP contribution < -0.4 is 9.47 Å². The van der Waals surface area contributed by atoms with Crippen molar-refractivity contribution in [3.63, 3.8) is 0 Å². The van der Waals surface area contributed by atoms with Gasteiger partial charge in [0.05, 0.1) is 20.4 Å².